The third-order valence-electron chi connectivity index (χ3n) is 2.00. The Labute approximate surface area is 87.2 Å². The molecule has 0 bridgehead atoms. The second-order valence-electron chi connectivity index (χ2n) is 3.24. The molecule has 0 saturated carbocycles. The van der Waals surface area contributed by atoms with Gasteiger partial charge < -0.3 is 11.1 Å². The molecule has 0 aliphatic rings. The van der Waals surface area contributed by atoms with E-state index < -0.39 is 10.8 Å². The van der Waals surface area contributed by atoms with E-state index in [0.717, 1.165) is 16.9 Å². The van der Waals surface area contributed by atoms with Crippen molar-refractivity contribution in [1.82, 2.24) is 0 Å². The average molecular weight is 212 g/mol. The van der Waals surface area contributed by atoms with Gasteiger partial charge in [0.15, 0.2) is 0 Å². The van der Waals surface area contributed by atoms with Crippen LogP contribution in [0, 0.1) is 6.92 Å². The van der Waals surface area contributed by atoms with Crippen molar-refractivity contribution in [3.63, 3.8) is 0 Å². The number of nitrogens with one attached hydrogen (secondary N) is 1. The van der Waals surface area contributed by atoms with E-state index in [2.05, 4.69) is 5.32 Å². The minimum Gasteiger partial charge on any atom is -0.397 e. The Morgan fingerprint density at radius 2 is 2.21 bits per heavy atom. The topological polar surface area (TPSA) is 55.1 Å². The lowest BCUT2D eigenvalue weighted by Crippen LogP contribution is -2.11. The summed E-state index contributed by atoms with van der Waals surface area (Å²) in [5, 5.41) is 3.19. The molecule has 0 aliphatic heterocycles. The van der Waals surface area contributed by atoms with Crippen LogP contribution in [0.15, 0.2) is 18.2 Å². The van der Waals surface area contributed by atoms with Gasteiger partial charge in [-0.05, 0) is 18.6 Å². The SMILES string of the molecule is Cc1cccc(N)c1NCCS(C)=O. The predicted octanol–water partition coefficient (Wildman–Crippen LogP) is 1.37. The molecule has 0 saturated heterocycles. The molecule has 0 radical (unpaired) electrons. The maximum absolute atomic E-state index is 10.8. The molecule has 78 valence electrons. The largest absolute Gasteiger partial charge is 0.397 e. The summed E-state index contributed by atoms with van der Waals surface area (Å²) in [4.78, 5) is 0. The lowest BCUT2D eigenvalue weighted by atomic mass is 10.1. The Hall–Kier alpha value is -1.03. The first-order chi connectivity index (χ1) is 6.61. The van der Waals surface area contributed by atoms with Gasteiger partial charge in [-0.3, -0.25) is 4.21 Å². The van der Waals surface area contributed by atoms with Crippen LogP contribution in [0.5, 0.6) is 0 Å². The summed E-state index contributed by atoms with van der Waals surface area (Å²) in [7, 11) is -0.756. The minimum absolute atomic E-state index is 0.647. The normalized spacial score (nSPS) is 12.4. The number of anilines is 2. The first kappa shape index (κ1) is 11.0. The smallest absolute Gasteiger partial charge is 0.0603 e. The van der Waals surface area contributed by atoms with E-state index in [1.807, 2.05) is 25.1 Å². The number of para-hydroxylation sites is 1. The van der Waals surface area contributed by atoms with E-state index >= 15 is 0 Å². The van der Waals surface area contributed by atoms with Crippen molar-refractivity contribution in [2.24, 2.45) is 0 Å². The van der Waals surface area contributed by atoms with Gasteiger partial charge in [-0.2, -0.15) is 0 Å². The van der Waals surface area contributed by atoms with Crippen LogP contribution in [0.3, 0.4) is 0 Å². The minimum atomic E-state index is -0.756. The Balaban J connectivity index is 2.62. The van der Waals surface area contributed by atoms with E-state index in [0.29, 0.717) is 12.3 Å². The summed E-state index contributed by atoms with van der Waals surface area (Å²) in [6, 6.07) is 5.79. The summed E-state index contributed by atoms with van der Waals surface area (Å²) in [6.07, 6.45) is 1.70. The highest BCUT2D eigenvalue weighted by Gasteiger charge is 2.01. The zero-order valence-electron chi connectivity index (χ0n) is 8.54. The highest BCUT2D eigenvalue weighted by Crippen LogP contribution is 2.21. The fraction of sp³-hybridized carbons (Fsp3) is 0.400. The molecule has 0 spiro atoms. The Bertz CT molecular complexity index is 319. The van der Waals surface area contributed by atoms with Crippen molar-refractivity contribution >= 4 is 22.2 Å². The number of aryl methyl sites for hydroxylation is 1. The van der Waals surface area contributed by atoms with Crippen LogP contribution in [-0.2, 0) is 10.8 Å². The molecule has 14 heavy (non-hydrogen) atoms. The van der Waals surface area contributed by atoms with Gasteiger partial charge in [-0.1, -0.05) is 12.1 Å². The monoisotopic (exact) mass is 212 g/mol. The van der Waals surface area contributed by atoms with E-state index in [4.69, 9.17) is 5.73 Å². The molecule has 0 heterocycles. The van der Waals surface area contributed by atoms with Gasteiger partial charge in [0.1, 0.15) is 0 Å². The van der Waals surface area contributed by atoms with Crippen molar-refractivity contribution in [2.75, 3.05) is 29.6 Å². The molecule has 4 heteroatoms. The van der Waals surface area contributed by atoms with Crippen LogP contribution >= 0.6 is 0 Å². The van der Waals surface area contributed by atoms with E-state index in [1.165, 1.54) is 0 Å². The molecule has 0 aromatic heterocycles. The van der Waals surface area contributed by atoms with Gasteiger partial charge in [0, 0.05) is 29.4 Å². The number of nitrogens with two attached hydrogens (primary N) is 1. The van der Waals surface area contributed by atoms with Gasteiger partial charge in [-0.25, -0.2) is 0 Å². The van der Waals surface area contributed by atoms with Crippen LogP contribution in [0.1, 0.15) is 5.56 Å². The summed E-state index contributed by atoms with van der Waals surface area (Å²) in [6.45, 7) is 2.69. The van der Waals surface area contributed by atoms with Gasteiger partial charge in [0.05, 0.1) is 11.4 Å². The standard InChI is InChI=1S/C10H16N2OS/c1-8-4-3-5-9(11)10(8)12-6-7-14(2)13/h3-5,12H,6-7,11H2,1-2H3. The molecule has 0 amide bonds. The van der Waals surface area contributed by atoms with Crippen molar-refractivity contribution in [2.45, 2.75) is 6.92 Å². The fourth-order valence-corrected chi connectivity index (χ4v) is 1.64. The number of hydrogen-bond acceptors (Lipinski definition) is 3. The maximum atomic E-state index is 10.8. The van der Waals surface area contributed by atoms with Crippen molar-refractivity contribution < 1.29 is 4.21 Å². The molecule has 1 unspecified atom stereocenters. The lowest BCUT2D eigenvalue weighted by Gasteiger charge is -2.11. The molecule has 3 N–H and O–H groups in total. The predicted molar refractivity (Wildman–Crippen MR) is 63.0 cm³/mol. The summed E-state index contributed by atoms with van der Waals surface area (Å²) < 4.78 is 10.8. The van der Waals surface area contributed by atoms with Crippen LogP contribution in [0.25, 0.3) is 0 Å². The van der Waals surface area contributed by atoms with Crippen LogP contribution in [-0.4, -0.2) is 22.8 Å². The second kappa shape index (κ2) is 5.00. The average Bonchev–Trinajstić information content (AvgIpc) is 2.09. The van der Waals surface area contributed by atoms with E-state index in [-0.39, 0.29) is 0 Å². The lowest BCUT2D eigenvalue weighted by molar-refractivity contribution is 0.687. The number of benzene rings is 1. The van der Waals surface area contributed by atoms with Crippen molar-refractivity contribution in [1.29, 1.82) is 0 Å². The Morgan fingerprint density at radius 3 is 2.79 bits per heavy atom. The third kappa shape index (κ3) is 3.03. The highest BCUT2D eigenvalue weighted by molar-refractivity contribution is 7.84. The van der Waals surface area contributed by atoms with Gasteiger partial charge >= 0.3 is 0 Å². The molecule has 3 nitrogen and oxygen atoms in total. The number of hydrogen-bond donors (Lipinski definition) is 2. The maximum Gasteiger partial charge on any atom is 0.0603 e. The summed E-state index contributed by atoms with van der Waals surface area (Å²) in [5.41, 5.74) is 8.62. The molecule has 0 aliphatic carbocycles. The first-order valence-electron chi connectivity index (χ1n) is 4.50. The third-order valence-corrected chi connectivity index (χ3v) is 2.78. The molecule has 1 aromatic carbocycles. The number of rotatable bonds is 4. The Morgan fingerprint density at radius 1 is 1.50 bits per heavy atom. The van der Waals surface area contributed by atoms with Gasteiger partial charge in [0.2, 0.25) is 0 Å². The Kier molecular flexibility index (Phi) is 3.95. The fourth-order valence-electron chi connectivity index (χ4n) is 1.25. The van der Waals surface area contributed by atoms with Crippen LogP contribution < -0.4 is 11.1 Å². The quantitative estimate of drug-likeness (QED) is 0.741. The van der Waals surface area contributed by atoms with Crippen LogP contribution in [0.4, 0.5) is 11.4 Å². The second-order valence-corrected chi connectivity index (χ2v) is 4.80. The molecule has 0 fully saturated rings. The summed E-state index contributed by atoms with van der Waals surface area (Å²) in [5.74, 6) is 0.647. The van der Waals surface area contributed by atoms with Gasteiger partial charge in [-0.15, -0.1) is 0 Å². The zero-order chi connectivity index (χ0) is 10.6. The first-order valence-corrected chi connectivity index (χ1v) is 6.23. The van der Waals surface area contributed by atoms with Gasteiger partial charge in [0.25, 0.3) is 0 Å². The number of nitrogen functional groups attached to an aromatic ring is 1. The highest BCUT2D eigenvalue weighted by atomic mass is 32.2. The van der Waals surface area contributed by atoms with E-state index in [9.17, 15) is 4.21 Å². The molecule has 1 aromatic rings. The molecule has 1 rings (SSSR count). The summed E-state index contributed by atoms with van der Waals surface area (Å²) >= 11 is 0. The van der Waals surface area contributed by atoms with Crippen LogP contribution in [0.2, 0.25) is 0 Å². The van der Waals surface area contributed by atoms with Crippen molar-refractivity contribution in [3.05, 3.63) is 23.8 Å². The molecular formula is C10H16N2OS. The van der Waals surface area contributed by atoms with Crippen molar-refractivity contribution in [3.8, 4) is 0 Å². The zero-order valence-corrected chi connectivity index (χ0v) is 9.36. The van der Waals surface area contributed by atoms with E-state index in [1.54, 1.807) is 6.26 Å². The molecular weight excluding hydrogens is 196 g/mol. The molecule has 1 atom stereocenters.